The van der Waals surface area contributed by atoms with Crippen LogP contribution < -0.4 is 4.72 Å². The zero-order valence-electron chi connectivity index (χ0n) is 13.4. The molecular formula is C15H24N4O3S. The molecule has 2 N–H and O–H groups in total. The Morgan fingerprint density at radius 2 is 2.13 bits per heavy atom. The molecule has 128 valence electrons. The number of hydrogen-bond donors (Lipinski definition) is 2. The van der Waals surface area contributed by atoms with E-state index in [0.717, 1.165) is 12.8 Å². The Morgan fingerprint density at radius 1 is 1.39 bits per heavy atom. The van der Waals surface area contributed by atoms with Crippen LogP contribution in [0.4, 0.5) is 0 Å². The van der Waals surface area contributed by atoms with Crippen molar-refractivity contribution in [2.45, 2.75) is 56.5 Å². The van der Waals surface area contributed by atoms with Gasteiger partial charge in [-0.25, -0.2) is 18.1 Å². The number of sulfonamides is 1. The molecule has 7 nitrogen and oxygen atoms in total. The topological polar surface area (TPSA) is 95.2 Å². The highest BCUT2D eigenvalue weighted by molar-refractivity contribution is 7.89. The van der Waals surface area contributed by atoms with E-state index in [0.29, 0.717) is 31.3 Å². The summed E-state index contributed by atoms with van der Waals surface area (Å²) in [6.07, 6.45) is 6.96. The van der Waals surface area contributed by atoms with E-state index in [4.69, 9.17) is 0 Å². The maximum atomic E-state index is 12.3. The highest BCUT2D eigenvalue weighted by Gasteiger charge is 2.35. The van der Waals surface area contributed by atoms with E-state index in [-0.39, 0.29) is 23.4 Å². The molecule has 0 bridgehead atoms. The van der Waals surface area contributed by atoms with E-state index >= 15 is 0 Å². The van der Waals surface area contributed by atoms with Gasteiger partial charge in [-0.1, -0.05) is 19.8 Å². The number of carbonyl (C=O) groups is 1. The summed E-state index contributed by atoms with van der Waals surface area (Å²) < 4.78 is 27.1. The number of aromatic amines is 1. The first-order valence-electron chi connectivity index (χ1n) is 8.32. The predicted molar refractivity (Wildman–Crippen MR) is 85.2 cm³/mol. The molecule has 3 rings (SSSR count). The van der Waals surface area contributed by atoms with Crippen molar-refractivity contribution in [3.05, 3.63) is 12.0 Å². The molecule has 0 aromatic carbocycles. The summed E-state index contributed by atoms with van der Waals surface area (Å²) in [5.41, 5.74) is 0. The molecule has 1 saturated carbocycles. The van der Waals surface area contributed by atoms with E-state index in [1.165, 1.54) is 19.0 Å². The summed E-state index contributed by atoms with van der Waals surface area (Å²) >= 11 is 0. The summed E-state index contributed by atoms with van der Waals surface area (Å²) in [7, 11) is -3.59. The number of H-pyrrole nitrogens is 1. The van der Waals surface area contributed by atoms with Crippen LogP contribution in [0.25, 0.3) is 0 Å². The fourth-order valence-electron chi connectivity index (χ4n) is 3.48. The molecule has 1 aliphatic carbocycles. The number of nitrogens with zero attached hydrogens (tertiary/aromatic N) is 2. The average molecular weight is 340 g/mol. The van der Waals surface area contributed by atoms with Crippen LogP contribution in [0.1, 0.15) is 44.9 Å². The molecule has 0 unspecified atom stereocenters. The van der Waals surface area contributed by atoms with Crippen LogP contribution in [0.15, 0.2) is 11.2 Å². The molecule has 1 atom stereocenters. The number of carbonyl (C=O) groups excluding carboxylic acids is 1. The van der Waals surface area contributed by atoms with Crippen LogP contribution in [0.3, 0.4) is 0 Å². The first-order chi connectivity index (χ1) is 11.0. The fraction of sp³-hybridized carbons (Fsp3) is 0.733. The largest absolute Gasteiger partial charge is 0.339 e. The van der Waals surface area contributed by atoms with Crippen molar-refractivity contribution in [3.63, 3.8) is 0 Å². The summed E-state index contributed by atoms with van der Waals surface area (Å²) in [5.74, 6) is 0.858. The normalized spacial score (nSPS) is 23.1. The molecule has 2 fully saturated rings. The van der Waals surface area contributed by atoms with Crippen LogP contribution in [0.5, 0.6) is 0 Å². The minimum Gasteiger partial charge on any atom is -0.339 e. The smallest absolute Gasteiger partial charge is 0.257 e. The second-order valence-electron chi connectivity index (χ2n) is 6.45. The Labute approximate surface area is 136 Å². The molecule has 1 amide bonds. The van der Waals surface area contributed by atoms with Crippen molar-refractivity contribution >= 4 is 15.9 Å². The van der Waals surface area contributed by atoms with Gasteiger partial charge < -0.3 is 9.88 Å². The van der Waals surface area contributed by atoms with Gasteiger partial charge in [-0.2, -0.15) is 0 Å². The summed E-state index contributed by atoms with van der Waals surface area (Å²) in [5, 5.41) is 0.0892. The van der Waals surface area contributed by atoms with Gasteiger partial charge in [-0.05, 0) is 18.8 Å². The summed E-state index contributed by atoms with van der Waals surface area (Å²) in [4.78, 5) is 20.9. The second-order valence-corrected chi connectivity index (χ2v) is 8.19. The van der Waals surface area contributed by atoms with Gasteiger partial charge in [0.1, 0.15) is 5.82 Å². The summed E-state index contributed by atoms with van der Waals surface area (Å²) in [6.45, 7) is 2.86. The third-order valence-corrected chi connectivity index (χ3v) is 6.13. The van der Waals surface area contributed by atoms with Gasteiger partial charge in [0.05, 0.1) is 6.20 Å². The van der Waals surface area contributed by atoms with E-state index < -0.39 is 10.0 Å². The van der Waals surface area contributed by atoms with Crippen molar-refractivity contribution < 1.29 is 13.2 Å². The van der Waals surface area contributed by atoms with Gasteiger partial charge in [0.2, 0.25) is 5.91 Å². The lowest BCUT2D eigenvalue weighted by molar-refractivity contribution is -0.129. The summed E-state index contributed by atoms with van der Waals surface area (Å²) in [6, 6.07) is 0.365. The third-order valence-electron chi connectivity index (χ3n) is 4.80. The van der Waals surface area contributed by atoms with Gasteiger partial charge >= 0.3 is 0 Å². The lowest BCUT2D eigenvalue weighted by Crippen LogP contribution is -2.36. The molecular weight excluding hydrogens is 316 g/mol. The van der Waals surface area contributed by atoms with Crippen LogP contribution in [-0.4, -0.2) is 48.3 Å². The van der Waals surface area contributed by atoms with Crippen LogP contribution in [-0.2, 0) is 21.2 Å². The molecule has 23 heavy (non-hydrogen) atoms. The lowest BCUT2D eigenvalue weighted by Gasteiger charge is -2.24. The molecule has 0 radical (unpaired) electrons. The SMILES string of the molecule is CCc1ncc(S(=O)(=O)NC[C@H]2CC(=O)N(C3CCCC3)C2)[nH]1. The van der Waals surface area contributed by atoms with Crippen molar-refractivity contribution in [2.24, 2.45) is 5.92 Å². The minimum absolute atomic E-state index is 0.0476. The molecule has 1 aromatic heterocycles. The zero-order valence-corrected chi connectivity index (χ0v) is 14.2. The molecule has 2 heterocycles. The first kappa shape index (κ1) is 16.4. The van der Waals surface area contributed by atoms with Gasteiger partial charge in [0, 0.05) is 32.0 Å². The maximum absolute atomic E-state index is 12.3. The number of rotatable bonds is 6. The minimum atomic E-state index is -3.59. The van der Waals surface area contributed by atoms with Gasteiger partial charge in [-0.3, -0.25) is 4.79 Å². The van der Waals surface area contributed by atoms with E-state index in [1.807, 2.05) is 11.8 Å². The van der Waals surface area contributed by atoms with Crippen molar-refractivity contribution in [3.8, 4) is 0 Å². The number of aryl methyl sites for hydroxylation is 1. The third kappa shape index (κ3) is 3.58. The molecule has 2 aliphatic rings. The highest BCUT2D eigenvalue weighted by Crippen LogP contribution is 2.29. The maximum Gasteiger partial charge on any atom is 0.257 e. The molecule has 1 saturated heterocycles. The van der Waals surface area contributed by atoms with Crippen LogP contribution >= 0.6 is 0 Å². The van der Waals surface area contributed by atoms with Crippen molar-refractivity contribution in [1.29, 1.82) is 0 Å². The Hall–Kier alpha value is -1.41. The predicted octanol–water partition coefficient (Wildman–Crippen LogP) is 1.04. The van der Waals surface area contributed by atoms with E-state index in [1.54, 1.807) is 0 Å². The van der Waals surface area contributed by atoms with Crippen molar-refractivity contribution in [1.82, 2.24) is 19.6 Å². The van der Waals surface area contributed by atoms with Crippen LogP contribution in [0, 0.1) is 5.92 Å². The molecule has 1 aromatic rings. The Kier molecular flexibility index (Phi) is 4.72. The number of imidazole rings is 1. The number of amides is 1. The first-order valence-corrected chi connectivity index (χ1v) is 9.81. The number of likely N-dealkylation sites (tertiary alicyclic amines) is 1. The second kappa shape index (κ2) is 6.60. The van der Waals surface area contributed by atoms with Gasteiger partial charge in [-0.15, -0.1) is 0 Å². The molecule has 1 aliphatic heterocycles. The standard InChI is InChI=1S/C15H24N4O3S/c1-2-13-16-9-14(18-13)23(21,22)17-8-11-7-15(20)19(10-11)12-5-3-4-6-12/h9,11-12,17H,2-8,10H2,1H3,(H,16,18)/t11-/m1/s1. The van der Waals surface area contributed by atoms with E-state index in [2.05, 4.69) is 14.7 Å². The molecule has 0 spiro atoms. The number of hydrogen-bond acceptors (Lipinski definition) is 4. The molecule has 8 heteroatoms. The van der Waals surface area contributed by atoms with Gasteiger partial charge in [0.25, 0.3) is 10.0 Å². The monoisotopic (exact) mass is 340 g/mol. The zero-order chi connectivity index (χ0) is 16.4. The number of nitrogens with one attached hydrogen (secondary N) is 2. The van der Waals surface area contributed by atoms with Crippen molar-refractivity contribution in [2.75, 3.05) is 13.1 Å². The Balaban J connectivity index is 1.57. The Bertz CT molecular complexity index is 664. The Morgan fingerprint density at radius 3 is 2.78 bits per heavy atom. The van der Waals surface area contributed by atoms with Gasteiger partial charge in [0.15, 0.2) is 5.03 Å². The quantitative estimate of drug-likeness (QED) is 0.809. The lowest BCUT2D eigenvalue weighted by atomic mass is 10.1. The fourth-order valence-corrected chi connectivity index (χ4v) is 4.53. The van der Waals surface area contributed by atoms with E-state index in [9.17, 15) is 13.2 Å². The average Bonchev–Trinajstić information content (AvgIpc) is 3.25. The number of aromatic nitrogens is 2. The highest BCUT2D eigenvalue weighted by atomic mass is 32.2. The van der Waals surface area contributed by atoms with Crippen LogP contribution in [0.2, 0.25) is 0 Å².